The minimum absolute atomic E-state index is 0.000423. The van der Waals surface area contributed by atoms with Crippen LogP contribution in [0.5, 0.6) is 0 Å². The van der Waals surface area contributed by atoms with Crippen molar-refractivity contribution in [2.75, 3.05) is 5.32 Å². The molecule has 1 heterocycles. The van der Waals surface area contributed by atoms with Crippen LogP contribution in [-0.4, -0.2) is 11.1 Å². The summed E-state index contributed by atoms with van der Waals surface area (Å²) in [5, 5.41) is 5.81. The molecule has 2 rings (SSSR count). The summed E-state index contributed by atoms with van der Waals surface area (Å²) in [5.41, 5.74) is -0.588. The van der Waals surface area contributed by atoms with Crippen molar-refractivity contribution in [3.8, 4) is 0 Å². The van der Waals surface area contributed by atoms with Crippen molar-refractivity contribution in [2.45, 2.75) is 13.1 Å². The Labute approximate surface area is 116 Å². The Morgan fingerprint density at radius 2 is 2.10 bits per heavy atom. The maximum atomic E-state index is 12.6. The highest BCUT2D eigenvalue weighted by molar-refractivity contribution is 6.34. The minimum atomic E-state index is -4.52. The molecule has 1 aromatic carbocycles. The third-order valence-electron chi connectivity index (χ3n) is 2.54. The number of benzene rings is 1. The number of halogens is 4. The number of carbonyl (C=O) groups is 1. The topological polar surface area (TPSA) is 55.1 Å². The number of rotatable bonds is 2. The minimum Gasteiger partial charge on any atom is -0.364 e. The molecule has 0 radical (unpaired) electrons. The Morgan fingerprint density at radius 3 is 2.65 bits per heavy atom. The van der Waals surface area contributed by atoms with Gasteiger partial charge in [0.1, 0.15) is 11.8 Å². The molecule has 0 spiro atoms. The third kappa shape index (κ3) is 2.93. The number of nitrogens with one attached hydrogen (secondary N) is 1. The third-order valence-corrected chi connectivity index (χ3v) is 2.87. The van der Waals surface area contributed by atoms with Crippen LogP contribution in [0.15, 0.2) is 29.0 Å². The van der Waals surface area contributed by atoms with Gasteiger partial charge in [-0.2, -0.15) is 13.2 Å². The molecule has 0 bridgehead atoms. The summed E-state index contributed by atoms with van der Waals surface area (Å²) in [4.78, 5) is 11.9. The lowest BCUT2D eigenvalue weighted by molar-refractivity contribution is -0.137. The van der Waals surface area contributed by atoms with Gasteiger partial charge in [-0.25, -0.2) is 0 Å². The number of anilines is 1. The van der Waals surface area contributed by atoms with Crippen molar-refractivity contribution in [3.05, 3.63) is 46.3 Å². The Bertz CT molecular complexity index is 652. The average Bonchev–Trinajstić information content (AvgIpc) is 2.77. The summed E-state index contributed by atoms with van der Waals surface area (Å²) >= 11 is 5.77. The number of hydrogen-bond acceptors (Lipinski definition) is 3. The zero-order chi connectivity index (χ0) is 14.9. The number of aromatic nitrogens is 1. The van der Waals surface area contributed by atoms with E-state index in [1.807, 2.05) is 0 Å². The van der Waals surface area contributed by atoms with E-state index in [9.17, 15) is 18.0 Å². The van der Waals surface area contributed by atoms with E-state index in [0.717, 1.165) is 24.5 Å². The van der Waals surface area contributed by atoms with Crippen LogP contribution in [0.1, 0.15) is 21.6 Å². The molecule has 4 nitrogen and oxygen atoms in total. The van der Waals surface area contributed by atoms with Crippen LogP contribution in [0.4, 0.5) is 18.9 Å². The predicted octanol–water partition coefficient (Wildman–Crippen LogP) is 3.91. The molecule has 0 aliphatic rings. The summed E-state index contributed by atoms with van der Waals surface area (Å²) in [6.07, 6.45) is -3.41. The number of carbonyl (C=O) groups excluding carboxylic acids is 1. The van der Waals surface area contributed by atoms with E-state index in [-0.39, 0.29) is 16.3 Å². The number of nitrogens with zero attached hydrogens (tertiary/aromatic N) is 1. The molecule has 8 heteroatoms. The van der Waals surface area contributed by atoms with Crippen LogP contribution in [-0.2, 0) is 6.18 Å². The molecular formula is C12H8ClF3N2O2. The normalized spacial score (nSPS) is 11.4. The SMILES string of the molecule is Cc1nocc1C(=O)Nc1cc(C(F)(F)F)ccc1Cl. The molecular weight excluding hydrogens is 297 g/mol. The molecule has 0 atom stereocenters. The maximum Gasteiger partial charge on any atom is 0.416 e. The molecule has 0 fully saturated rings. The van der Waals surface area contributed by atoms with Gasteiger partial charge in [-0.05, 0) is 25.1 Å². The van der Waals surface area contributed by atoms with Crippen LogP contribution in [0.3, 0.4) is 0 Å². The first-order valence-corrected chi connectivity index (χ1v) is 5.76. The van der Waals surface area contributed by atoms with Crippen molar-refractivity contribution in [1.82, 2.24) is 5.16 Å². The van der Waals surface area contributed by atoms with Crippen LogP contribution in [0.25, 0.3) is 0 Å². The fraction of sp³-hybridized carbons (Fsp3) is 0.167. The number of hydrogen-bond donors (Lipinski definition) is 1. The lowest BCUT2D eigenvalue weighted by Gasteiger charge is -2.11. The maximum absolute atomic E-state index is 12.6. The highest BCUT2D eigenvalue weighted by Gasteiger charge is 2.31. The van der Waals surface area contributed by atoms with Gasteiger partial charge in [-0.1, -0.05) is 16.8 Å². The second-order valence-electron chi connectivity index (χ2n) is 3.96. The number of alkyl halides is 3. The van der Waals surface area contributed by atoms with Gasteiger partial charge in [0.15, 0.2) is 0 Å². The molecule has 0 saturated carbocycles. The lowest BCUT2D eigenvalue weighted by atomic mass is 10.2. The molecule has 20 heavy (non-hydrogen) atoms. The first-order valence-electron chi connectivity index (χ1n) is 5.38. The van der Waals surface area contributed by atoms with E-state index in [1.165, 1.54) is 6.92 Å². The molecule has 0 aliphatic carbocycles. The Balaban J connectivity index is 2.30. The molecule has 1 amide bonds. The van der Waals surface area contributed by atoms with Gasteiger partial charge in [0, 0.05) is 0 Å². The first-order chi connectivity index (χ1) is 9.29. The van der Waals surface area contributed by atoms with Gasteiger partial charge < -0.3 is 9.84 Å². The molecule has 0 unspecified atom stereocenters. The van der Waals surface area contributed by atoms with E-state index in [4.69, 9.17) is 11.6 Å². The van der Waals surface area contributed by atoms with Crippen LogP contribution in [0, 0.1) is 6.92 Å². The van der Waals surface area contributed by atoms with Crippen LogP contribution in [0.2, 0.25) is 5.02 Å². The monoisotopic (exact) mass is 304 g/mol. The molecule has 0 saturated heterocycles. The lowest BCUT2D eigenvalue weighted by Crippen LogP contribution is -2.14. The van der Waals surface area contributed by atoms with Gasteiger partial charge in [0.2, 0.25) is 0 Å². The van der Waals surface area contributed by atoms with Crippen LogP contribution < -0.4 is 5.32 Å². The molecule has 0 aliphatic heterocycles. The van der Waals surface area contributed by atoms with Gasteiger partial charge in [0.25, 0.3) is 5.91 Å². The van der Waals surface area contributed by atoms with Crippen molar-refractivity contribution in [1.29, 1.82) is 0 Å². The second-order valence-corrected chi connectivity index (χ2v) is 4.37. The van der Waals surface area contributed by atoms with Crippen molar-refractivity contribution < 1.29 is 22.5 Å². The van der Waals surface area contributed by atoms with Crippen molar-refractivity contribution >= 4 is 23.2 Å². The molecule has 106 valence electrons. The Kier molecular flexibility index (Phi) is 3.71. The molecule has 1 N–H and O–H groups in total. The van der Waals surface area contributed by atoms with E-state index >= 15 is 0 Å². The summed E-state index contributed by atoms with van der Waals surface area (Å²) in [6.45, 7) is 1.53. The van der Waals surface area contributed by atoms with E-state index < -0.39 is 17.6 Å². The van der Waals surface area contributed by atoms with E-state index in [1.54, 1.807) is 0 Å². The summed E-state index contributed by atoms with van der Waals surface area (Å²) in [7, 11) is 0. The van der Waals surface area contributed by atoms with Gasteiger partial charge in [0.05, 0.1) is 22.0 Å². The largest absolute Gasteiger partial charge is 0.416 e. The van der Waals surface area contributed by atoms with Gasteiger partial charge >= 0.3 is 6.18 Å². The van der Waals surface area contributed by atoms with Crippen LogP contribution >= 0.6 is 11.6 Å². The van der Waals surface area contributed by atoms with E-state index in [0.29, 0.717) is 5.69 Å². The second kappa shape index (κ2) is 5.16. The zero-order valence-corrected chi connectivity index (χ0v) is 10.8. The zero-order valence-electron chi connectivity index (χ0n) is 10.1. The van der Waals surface area contributed by atoms with Gasteiger partial charge in [-0.15, -0.1) is 0 Å². The number of amides is 1. The summed E-state index contributed by atoms with van der Waals surface area (Å²) < 4.78 is 42.4. The average molecular weight is 305 g/mol. The fourth-order valence-corrected chi connectivity index (χ4v) is 1.66. The summed E-state index contributed by atoms with van der Waals surface area (Å²) in [5.74, 6) is -0.648. The molecule has 1 aromatic heterocycles. The summed E-state index contributed by atoms with van der Waals surface area (Å²) in [6, 6.07) is 2.67. The molecule has 2 aromatic rings. The highest BCUT2D eigenvalue weighted by atomic mass is 35.5. The van der Waals surface area contributed by atoms with E-state index in [2.05, 4.69) is 15.0 Å². The highest BCUT2D eigenvalue weighted by Crippen LogP contribution is 2.34. The number of aryl methyl sites for hydroxylation is 1. The fourth-order valence-electron chi connectivity index (χ4n) is 1.50. The Hall–Kier alpha value is -2.02. The van der Waals surface area contributed by atoms with Gasteiger partial charge in [-0.3, -0.25) is 4.79 Å². The predicted molar refractivity (Wildman–Crippen MR) is 65.6 cm³/mol. The first kappa shape index (κ1) is 14.4. The quantitative estimate of drug-likeness (QED) is 0.915. The Morgan fingerprint density at radius 1 is 1.40 bits per heavy atom. The van der Waals surface area contributed by atoms with Crippen molar-refractivity contribution in [2.24, 2.45) is 0 Å². The smallest absolute Gasteiger partial charge is 0.364 e. The standard InChI is InChI=1S/C12H8ClF3N2O2/c1-6-8(5-20-18-6)11(19)17-10-4-7(12(14,15)16)2-3-9(10)13/h2-5H,1H3,(H,17,19). The van der Waals surface area contributed by atoms with Crippen molar-refractivity contribution in [3.63, 3.8) is 0 Å².